The van der Waals surface area contributed by atoms with Crippen molar-refractivity contribution in [1.29, 1.82) is 0 Å². The molecule has 3 aromatic heterocycles. The van der Waals surface area contributed by atoms with Crippen LogP contribution in [0.4, 0.5) is 24.0 Å². The summed E-state index contributed by atoms with van der Waals surface area (Å²) < 4.78 is 43.9. The summed E-state index contributed by atoms with van der Waals surface area (Å²) in [5.74, 6) is -3.15. The molecule has 1 N–H and O–H groups in total. The Morgan fingerprint density at radius 1 is 1.15 bits per heavy atom. The lowest BCUT2D eigenvalue weighted by molar-refractivity contribution is 0.101. The van der Waals surface area contributed by atoms with Gasteiger partial charge in [-0.25, -0.2) is 18.2 Å². The summed E-state index contributed by atoms with van der Waals surface area (Å²) in [5, 5.41) is 4.98. The number of amides is 1. The molecule has 1 fully saturated rings. The predicted molar refractivity (Wildman–Crippen MR) is 123 cm³/mol. The summed E-state index contributed by atoms with van der Waals surface area (Å²) in [7, 11) is 0. The van der Waals surface area contributed by atoms with Gasteiger partial charge in [0.15, 0.2) is 16.8 Å². The van der Waals surface area contributed by atoms with E-state index < -0.39 is 17.5 Å². The van der Waals surface area contributed by atoms with Gasteiger partial charge in [-0.3, -0.25) is 15.1 Å². The van der Waals surface area contributed by atoms with Crippen molar-refractivity contribution in [3.05, 3.63) is 94.8 Å². The standard InChI is InChI=1S/C24H20F3N5OS/c25-16-11-17(26)22(18(27)12-16)32-10-2-3-20(32)19-14-34-24(29-19)30-23(33)21-4-1-9-31(21)13-15-5-7-28-8-6-15/h1,4-9,11-12,14,20H,2-3,10,13H2,(H,29,30,33)/t20-/m1/s1. The third kappa shape index (κ3) is 4.41. The molecule has 34 heavy (non-hydrogen) atoms. The number of pyridine rings is 1. The lowest BCUT2D eigenvalue weighted by Gasteiger charge is -2.26. The van der Waals surface area contributed by atoms with Gasteiger partial charge in [0.25, 0.3) is 5.91 Å². The molecule has 4 aromatic rings. The van der Waals surface area contributed by atoms with Crippen LogP contribution >= 0.6 is 11.3 Å². The molecule has 1 amide bonds. The van der Waals surface area contributed by atoms with Crippen molar-refractivity contribution in [2.45, 2.75) is 25.4 Å². The van der Waals surface area contributed by atoms with Crippen molar-refractivity contribution in [2.75, 3.05) is 16.8 Å². The van der Waals surface area contributed by atoms with Crippen molar-refractivity contribution in [2.24, 2.45) is 0 Å². The Kier molecular flexibility index (Phi) is 6.06. The molecule has 1 atom stereocenters. The van der Waals surface area contributed by atoms with Crippen LogP contribution in [-0.4, -0.2) is 27.0 Å². The zero-order valence-electron chi connectivity index (χ0n) is 17.9. The first-order chi connectivity index (χ1) is 16.5. The number of halogens is 3. The topological polar surface area (TPSA) is 63.1 Å². The number of nitrogens with zero attached hydrogens (tertiary/aromatic N) is 4. The van der Waals surface area contributed by atoms with Gasteiger partial charge in [0.1, 0.15) is 17.2 Å². The summed E-state index contributed by atoms with van der Waals surface area (Å²) in [5.41, 5.74) is 1.84. The minimum Gasteiger partial charge on any atom is -0.358 e. The zero-order chi connectivity index (χ0) is 23.7. The van der Waals surface area contributed by atoms with Crippen LogP contribution in [0.1, 0.15) is 40.6 Å². The van der Waals surface area contributed by atoms with E-state index in [2.05, 4.69) is 15.3 Å². The molecular weight excluding hydrogens is 463 g/mol. The van der Waals surface area contributed by atoms with Crippen LogP contribution in [-0.2, 0) is 6.54 Å². The third-order valence-corrected chi connectivity index (χ3v) is 6.55. The fraction of sp³-hybridized carbons (Fsp3) is 0.208. The fourth-order valence-corrected chi connectivity index (χ4v) is 5.00. The maximum absolute atomic E-state index is 14.4. The second-order valence-electron chi connectivity index (χ2n) is 7.98. The predicted octanol–water partition coefficient (Wildman–Crippen LogP) is 5.40. The number of benzene rings is 1. The Hall–Kier alpha value is -3.66. The van der Waals surface area contributed by atoms with Gasteiger partial charge in [0.05, 0.1) is 11.7 Å². The van der Waals surface area contributed by atoms with Crippen LogP contribution in [0.2, 0.25) is 0 Å². The van der Waals surface area contributed by atoms with Gasteiger partial charge in [0.2, 0.25) is 0 Å². The SMILES string of the molecule is O=C(Nc1nc([C@H]2CCCN2c2c(F)cc(F)cc2F)cs1)c1cccn1Cc1ccncc1. The van der Waals surface area contributed by atoms with Crippen LogP contribution in [0.15, 0.2) is 60.4 Å². The number of carbonyl (C=O) groups is 1. The van der Waals surface area contributed by atoms with Crippen molar-refractivity contribution in [3.8, 4) is 0 Å². The molecular formula is C24H20F3N5OS. The molecule has 1 aliphatic rings. The van der Waals surface area contributed by atoms with E-state index in [-0.39, 0.29) is 17.6 Å². The largest absolute Gasteiger partial charge is 0.358 e. The molecule has 0 spiro atoms. The van der Waals surface area contributed by atoms with Gasteiger partial charge in [-0.05, 0) is 42.7 Å². The lowest BCUT2D eigenvalue weighted by atomic mass is 10.1. The number of thiazole rings is 1. The minimum absolute atomic E-state index is 0.253. The number of hydrogen-bond donors (Lipinski definition) is 1. The number of anilines is 2. The molecule has 0 bridgehead atoms. The molecule has 0 unspecified atom stereocenters. The van der Waals surface area contributed by atoms with Crippen molar-refractivity contribution in [1.82, 2.24) is 14.5 Å². The maximum Gasteiger partial charge on any atom is 0.274 e. The molecule has 0 aliphatic carbocycles. The van der Waals surface area contributed by atoms with Gasteiger partial charge in [0, 0.05) is 49.2 Å². The maximum atomic E-state index is 14.4. The van der Waals surface area contributed by atoms with E-state index in [1.165, 1.54) is 11.3 Å². The zero-order valence-corrected chi connectivity index (χ0v) is 18.7. The normalized spacial score (nSPS) is 15.6. The highest BCUT2D eigenvalue weighted by molar-refractivity contribution is 7.14. The van der Waals surface area contributed by atoms with E-state index in [9.17, 15) is 18.0 Å². The minimum atomic E-state index is -0.957. The van der Waals surface area contributed by atoms with Gasteiger partial charge >= 0.3 is 0 Å². The molecule has 4 heterocycles. The number of aromatic nitrogens is 3. The third-order valence-electron chi connectivity index (χ3n) is 5.77. The van der Waals surface area contributed by atoms with Crippen LogP contribution in [0, 0.1) is 17.5 Å². The summed E-state index contributed by atoms with van der Waals surface area (Å²) >= 11 is 1.25. The fourth-order valence-electron chi connectivity index (χ4n) is 4.25. The molecule has 1 saturated heterocycles. The second kappa shape index (κ2) is 9.30. The Morgan fingerprint density at radius 3 is 2.68 bits per heavy atom. The summed E-state index contributed by atoms with van der Waals surface area (Å²) in [6, 6.07) is 8.29. The monoisotopic (exact) mass is 483 g/mol. The van der Waals surface area contributed by atoms with Crippen LogP contribution in [0.3, 0.4) is 0 Å². The summed E-state index contributed by atoms with van der Waals surface area (Å²) in [6.45, 7) is 0.944. The van der Waals surface area contributed by atoms with Crippen LogP contribution in [0.5, 0.6) is 0 Å². The van der Waals surface area contributed by atoms with Gasteiger partial charge < -0.3 is 9.47 Å². The van der Waals surface area contributed by atoms with E-state index in [0.29, 0.717) is 54.6 Å². The molecule has 6 nitrogen and oxygen atoms in total. The molecule has 1 aliphatic heterocycles. The number of carbonyl (C=O) groups excluding carboxylic acids is 1. The molecule has 10 heteroatoms. The van der Waals surface area contributed by atoms with E-state index >= 15 is 0 Å². The highest BCUT2D eigenvalue weighted by atomic mass is 32.1. The Labute approximate surface area is 197 Å². The average molecular weight is 484 g/mol. The van der Waals surface area contributed by atoms with Crippen molar-refractivity contribution in [3.63, 3.8) is 0 Å². The second-order valence-corrected chi connectivity index (χ2v) is 8.84. The summed E-state index contributed by atoms with van der Waals surface area (Å²) in [6.07, 6.45) is 6.58. The van der Waals surface area contributed by atoms with E-state index in [4.69, 9.17) is 0 Å². The first-order valence-electron chi connectivity index (χ1n) is 10.7. The van der Waals surface area contributed by atoms with Crippen molar-refractivity contribution >= 4 is 28.1 Å². The van der Waals surface area contributed by atoms with Crippen molar-refractivity contribution < 1.29 is 18.0 Å². The number of hydrogen-bond acceptors (Lipinski definition) is 5. The smallest absolute Gasteiger partial charge is 0.274 e. The quantitative estimate of drug-likeness (QED) is 0.399. The van der Waals surface area contributed by atoms with E-state index in [1.54, 1.807) is 34.8 Å². The Bertz CT molecular complexity index is 1300. The number of nitrogens with one attached hydrogen (secondary N) is 1. The highest BCUT2D eigenvalue weighted by Gasteiger charge is 2.32. The Balaban J connectivity index is 1.32. The van der Waals surface area contributed by atoms with Gasteiger partial charge in [-0.15, -0.1) is 11.3 Å². The lowest BCUT2D eigenvalue weighted by Crippen LogP contribution is -2.25. The number of rotatable bonds is 6. The van der Waals surface area contributed by atoms with E-state index in [0.717, 1.165) is 5.56 Å². The highest BCUT2D eigenvalue weighted by Crippen LogP contribution is 2.39. The molecule has 0 saturated carbocycles. The first-order valence-corrected chi connectivity index (χ1v) is 11.6. The summed E-state index contributed by atoms with van der Waals surface area (Å²) in [4.78, 5) is 23.0. The van der Waals surface area contributed by atoms with Crippen LogP contribution < -0.4 is 10.2 Å². The van der Waals surface area contributed by atoms with Gasteiger partial charge in [-0.1, -0.05) is 0 Å². The average Bonchev–Trinajstić information content (AvgIpc) is 3.55. The first kappa shape index (κ1) is 22.1. The molecule has 174 valence electrons. The Morgan fingerprint density at radius 2 is 1.91 bits per heavy atom. The molecule has 0 radical (unpaired) electrons. The van der Waals surface area contributed by atoms with E-state index in [1.807, 2.05) is 22.9 Å². The van der Waals surface area contributed by atoms with Gasteiger partial charge in [-0.2, -0.15) is 0 Å². The molecule has 1 aromatic carbocycles. The van der Waals surface area contributed by atoms with Crippen LogP contribution in [0.25, 0.3) is 0 Å². The molecule has 5 rings (SSSR count).